The first kappa shape index (κ1) is 18.8. The third-order valence-electron chi connectivity index (χ3n) is 6.46. The predicted octanol–water partition coefficient (Wildman–Crippen LogP) is 2.14. The molecular formula is C23H25N5O2. The van der Waals surface area contributed by atoms with Crippen molar-refractivity contribution in [1.82, 2.24) is 24.0 Å². The van der Waals surface area contributed by atoms with Crippen molar-refractivity contribution in [2.24, 2.45) is 13.0 Å². The third kappa shape index (κ3) is 3.14. The molecule has 3 aromatic heterocycles. The average Bonchev–Trinajstić information content (AvgIpc) is 3.16. The summed E-state index contributed by atoms with van der Waals surface area (Å²) in [6.07, 6.45) is 6.65. The van der Waals surface area contributed by atoms with Gasteiger partial charge >= 0.3 is 0 Å². The zero-order valence-corrected chi connectivity index (χ0v) is 17.3. The number of carbonyl (C=O) groups is 1. The average molecular weight is 403 g/mol. The fraction of sp³-hybridized carbons (Fsp3) is 0.391. The summed E-state index contributed by atoms with van der Waals surface area (Å²) in [7, 11) is 1.90. The number of hydrogen-bond donors (Lipinski definition) is 0. The Morgan fingerprint density at radius 3 is 2.77 bits per heavy atom. The summed E-state index contributed by atoms with van der Waals surface area (Å²) in [4.78, 5) is 36.9. The van der Waals surface area contributed by atoms with Gasteiger partial charge in [-0.2, -0.15) is 0 Å². The van der Waals surface area contributed by atoms with Gasteiger partial charge in [0.15, 0.2) is 0 Å². The Morgan fingerprint density at radius 1 is 1.13 bits per heavy atom. The fourth-order valence-electron chi connectivity index (χ4n) is 4.90. The highest BCUT2D eigenvalue weighted by Gasteiger charge is 2.37. The minimum atomic E-state index is 0.0142. The van der Waals surface area contributed by atoms with Gasteiger partial charge in [-0.25, -0.2) is 4.98 Å². The molecule has 30 heavy (non-hydrogen) atoms. The van der Waals surface area contributed by atoms with Crippen LogP contribution in [0.5, 0.6) is 0 Å². The topological polar surface area (TPSA) is 73.0 Å². The van der Waals surface area contributed by atoms with Gasteiger partial charge in [0, 0.05) is 56.9 Å². The number of hydrogen-bond acceptors (Lipinski definition) is 4. The normalized spacial score (nSPS) is 20.1. The lowest BCUT2D eigenvalue weighted by Gasteiger charge is -2.43. The zero-order valence-electron chi connectivity index (χ0n) is 17.3. The molecule has 1 amide bonds. The maximum atomic E-state index is 13.2. The highest BCUT2D eigenvalue weighted by Crippen LogP contribution is 2.36. The number of amides is 1. The Bertz CT molecular complexity index is 1180. The molecule has 7 heteroatoms. The maximum Gasteiger partial charge on any atom is 0.261 e. The lowest BCUT2D eigenvalue weighted by atomic mass is 9.82. The first-order valence-corrected chi connectivity index (χ1v) is 10.4. The van der Waals surface area contributed by atoms with E-state index in [9.17, 15) is 9.59 Å². The van der Waals surface area contributed by atoms with Gasteiger partial charge in [-0.15, -0.1) is 0 Å². The summed E-state index contributed by atoms with van der Waals surface area (Å²) in [5.74, 6) is 1.29. The number of likely N-dealkylation sites (tertiary alicyclic amines) is 1. The van der Waals surface area contributed by atoms with E-state index in [2.05, 4.69) is 9.97 Å². The van der Waals surface area contributed by atoms with Gasteiger partial charge in [-0.3, -0.25) is 14.6 Å². The van der Waals surface area contributed by atoms with Crippen LogP contribution in [-0.4, -0.2) is 43.0 Å². The number of fused-ring (bicyclic) bond motifs is 4. The SMILES string of the molecule is Cc1cccnc1CC(=O)N1C[C@@H]2C[C@H](C1)c1ccc(-c3nccn3C)c(=O)n1C2. The zero-order chi connectivity index (χ0) is 20.8. The van der Waals surface area contributed by atoms with Gasteiger partial charge < -0.3 is 14.0 Å². The van der Waals surface area contributed by atoms with Crippen LogP contribution in [0.1, 0.15) is 29.3 Å². The van der Waals surface area contributed by atoms with Gasteiger partial charge in [0.25, 0.3) is 5.56 Å². The van der Waals surface area contributed by atoms with Crippen molar-refractivity contribution in [3.05, 3.63) is 70.2 Å². The number of aryl methyl sites for hydroxylation is 2. The van der Waals surface area contributed by atoms with Crippen LogP contribution < -0.4 is 5.56 Å². The van der Waals surface area contributed by atoms with E-state index in [1.54, 1.807) is 12.4 Å². The molecular weight excluding hydrogens is 378 g/mol. The number of pyridine rings is 2. The third-order valence-corrected chi connectivity index (χ3v) is 6.46. The molecule has 154 valence electrons. The summed E-state index contributed by atoms with van der Waals surface area (Å²) >= 11 is 0. The van der Waals surface area contributed by atoms with Crippen molar-refractivity contribution in [2.45, 2.75) is 32.2 Å². The highest BCUT2D eigenvalue weighted by molar-refractivity contribution is 5.79. The van der Waals surface area contributed by atoms with Crippen LogP contribution in [0.25, 0.3) is 11.4 Å². The molecule has 0 radical (unpaired) electrons. The first-order chi connectivity index (χ1) is 14.5. The van der Waals surface area contributed by atoms with Crippen LogP contribution in [0.2, 0.25) is 0 Å². The van der Waals surface area contributed by atoms with E-state index in [0.717, 1.165) is 23.4 Å². The predicted molar refractivity (Wildman–Crippen MR) is 113 cm³/mol. The van der Waals surface area contributed by atoms with Gasteiger partial charge in [0.1, 0.15) is 5.82 Å². The second-order valence-electron chi connectivity index (χ2n) is 8.49. The molecule has 0 N–H and O–H groups in total. The van der Waals surface area contributed by atoms with Crippen LogP contribution in [0.4, 0.5) is 0 Å². The van der Waals surface area contributed by atoms with Crippen LogP contribution in [0.15, 0.2) is 47.7 Å². The highest BCUT2D eigenvalue weighted by atomic mass is 16.2. The van der Waals surface area contributed by atoms with E-state index in [0.29, 0.717) is 43.4 Å². The van der Waals surface area contributed by atoms with Crippen molar-refractivity contribution in [3.63, 3.8) is 0 Å². The van der Waals surface area contributed by atoms with Gasteiger partial charge in [0.2, 0.25) is 5.91 Å². The van der Waals surface area contributed by atoms with Crippen molar-refractivity contribution >= 4 is 5.91 Å². The lowest BCUT2D eigenvalue weighted by Crippen LogP contribution is -2.49. The largest absolute Gasteiger partial charge is 0.341 e. The van der Waals surface area contributed by atoms with Gasteiger partial charge in [-0.1, -0.05) is 6.07 Å². The number of rotatable bonds is 3. The maximum absolute atomic E-state index is 13.2. The summed E-state index contributed by atoms with van der Waals surface area (Å²) in [6, 6.07) is 7.81. The number of aromatic nitrogens is 4. The number of piperidine rings is 1. The summed E-state index contributed by atoms with van der Waals surface area (Å²) in [6.45, 7) is 3.99. The molecule has 0 aromatic carbocycles. The van der Waals surface area contributed by atoms with E-state index in [4.69, 9.17) is 0 Å². The van der Waals surface area contributed by atoms with E-state index in [-0.39, 0.29) is 17.4 Å². The number of imidazole rings is 1. The number of carbonyl (C=O) groups excluding carboxylic acids is 1. The molecule has 0 saturated carbocycles. The molecule has 2 aliphatic heterocycles. The molecule has 5 heterocycles. The Balaban J connectivity index is 1.41. The molecule has 0 spiro atoms. The minimum absolute atomic E-state index is 0.0142. The van der Waals surface area contributed by atoms with Gasteiger partial charge in [0.05, 0.1) is 17.7 Å². The second-order valence-corrected chi connectivity index (χ2v) is 8.49. The molecule has 3 aromatic rings. The van der Waals surface area contributed by atoms with Crippen LogP contribution in [0, 0.1) is 12.8 Å². The molecule has 2 aliphatic rings. The molecule has 2 bridgehead atoms. The Kier molecular flexibility index (Phi) is 4.53. The lowest BCUT2D eigenvalue weighted by molar-refractivity contribution is -0.133. The standard InChI is InChI=1S/C23H25N5O2/c1-15-4-3-7-24-19(15)11-21(29)27-12-16-10-17(14-27)20-6-5-18(23(30)28(20)13-16)22-25-8-9-26(22)2/h3-9,16-17H,10-14H2,1-2H3/t16-,17+/m0/s1. The molecule has 2 atom stereocenters. The number of nitrogens with zero attached hydrogens (tertiary/aromatic N) is 5. The second kappa shape index (κ2) is 7.23. The van der Waals surface area contributed by atoms with E-state index in [1.165, 1.54) is 0 Å². The van der Waals surface area contributed by atoms with Gasteiger partial charge in [-0.05, 0) is 43.0 Å². The van der Waals surface area contributed by atoms with Crippen molar-refractivity contribution in [3.8, 4) is 11.4 Å². The van der Waals surface area contributed by atoms with Crippen LogP contribution in [0.3, 0.4) is 0 Å². The molecule has 0 unspecified atom stereocenters. The van der Waals surface area contributed by atoms with E-state index >= 15 is 0 Å². The quantitative estimate of drug-likeness (QED) is 0.672. The molecule has 1 fully saturated rings. The first-order valence-electron chi connectivity index (χ1n) is 10.4. The Labute approximate surface area is 175 Å². The summed E-state index contributed by atoms with van der Waals surface area (Å²) < 4.78 is 3.78. The monoisotopic (exact) mass is 403 g/mol. The van der Waals surface area contributed by atoms with Crippen LogP contribution in [-0.2, 0) is 24.8 Å². The Morgan fingerprint density at radius 2 is 2.00 bits per heavy atom. The molecule has 1 saturated heterocycles. The van der Waals surface area contributed by atoms with E-state index < -0.39 is 0 Å². The molecule has 5 rings (SSSR count). The van der Waals surface area contributed by atoms with Crippen molar-refractivity contribution in [1.29, 1.82) is 0 Å². The van der Waals surface area contributed by atoms with E-state index in [1.807, 2.05) is 58.5 Å². The fourth-order valence-corrected chi connectivity index (χ4v) is 4.90. The van der Waals surface area contributed by atoms with Crippen LogP contribution >= 0.6 is 0 Å². The summed E-state index contributed by atoms with van der Waals surface area (Å²) in [5, 5.41) is 0. The Hall–Kier alpha value is -3.22. The molecule has 7 nitrogen and oxygen atoms in total. The molecule has 0 aliphatic carbocycles. The van der Waals surface area contributed by atoms with Crippen molar-refractivity contribution in [2.75, 3.05) is 13.1 Å². The van der Waals surface area contributed by atoms with Crippen molar-refractivity contribution < 1.29 is 4.79 Å². The smallest absolute Gasteiger partial charge is 0.261 e. The minimum Gasteiger partial charge on any atom is -0.341 e. The summed E-state index contributed by atoms with van der Waals surface area (Å²) in [5.41, 5.74) is 3.56.